The van der Waals surface area contributed by atoms with Crippen molar-refractivity contribution in [3.8, 4) is 11.1 Å². The van der Waals surface area contributed by atoms with E-state index in [1.807, 2.05) is 36.4 Å². The highest BCUT2D eigenvalue weighted by atomic mass is 16.5. The first-order valence-corrected chi connectivity index (χ1v) is 8.41. The highest BCUT2D eigenvalue weighted by Crippen LogP contribution is 2.46. The molecule has 0 saturated carbocycles. The van der Waals surface area contributed by atoms with E-state index >= 15 is 0 Å². The summed E-state index contributed by atoms with van der Waals surface area (Å²) in [5.74, 6) is -1.17. The molecule has 0 radical (unpaired) electrons. The summed E-state index contributed by atoms with van der Waals surface area (Å²) in [4.78, 5) is 25.7. The van der Waals surface area contributed by atoms with Crippen molar-refractivity contribution in [2.24, 2.45) is 0 Å². The van der Waals surface area contributed by atoms with Gasteiger partial charge in [0.1, 0.15) is 6.10 Å². The molecule has 128 valence electrons. The minimum Gasteiger partial charge on any atom is -0.479 e. The monoisotopic (exact) mass is 337 g/mol. The standard InChI is InChI=1S/C20H19NO4/c1-21(19(22)16-10-11-17(25-16)20(23)24)18-14-8-4-2-6-12(14)13-7-3-5-9-15(13)18/h2-9,16-18H,10-11H2,1H3,(H,23,24)/t16-,17+/m0/s1. The van der Waals surface area contributed by atoms with E-state index in [0.29, 0.717) is 12.8 Å². The number of likely N-dealkylation sites (N-methyl/N-ethyl adjacent to an activating group) is 1. The summed E-state index contributed by atoms with van der Waals surface area (Å²) in [6.45, 7) is 0. The average molecular weight is 337 g/mol. The molecule has 1 aliphatic heterocycles. The number of hydrogen-bond donors (Lipinski definition) is 1. The Morgan fingerprint density at radius 2 is 1.48 bits per heavy atom. The van der Waals surface area contributed by atoms with Gasteiger partial charge in [0, 0.05) is 7.05 Å². The fraction of sp³-hybridized carbons (Fsp3) is 0.300. The van der Waals surface area contributed by atoms with Crippen molar-refractivity contribution in [2.75, 3.05) is 7.05 Å². The molecule has 1 fully saturated rings. The molecule has 2 aromatic rings. The second kappa shape index (κ2) is 6.01. The normalized spacial score (nSPS) is 21.6. The smallest absolute Gasteiger partial charge is 0.332 e. The van der Waals surface area contributed by atoms with Gasteiger partial charge >= 0.3 is 5.97 Å². The molecule has 1 amide bonds. The summed E-state index contributed by atoms with van der Waals surface area (Å²) in [7, 11) is 1.77. The summed E-state index contributed by atoms with van der Waals surface area (Å²) < 4.78 is 5.45. The third-order valence-electron chi connectivity index (χ3n) is 5.11. The molecule has 0 bridgehead atoms. The molecule has 5 heteroatoms. The van der Waals surface area contributed by atoms with Crippen molar-refractivity contribution < 1.29 is 19.4 Å². The van der Waals surface area contributed by atoms with Crippen LogP contribution in [0.5, 0.6) is 0 Å². The van der Waals surface area contributed by atoms with Crippen molar-refractivity contribution in [1.29, 1.82) is 0 Å². The van der Waals surface area contributed by atoms with Crippen LogP contribution in [0.2, 0.25) is 0 Å². The summed E-state index contributed by atoms with van der Waals surface area (Å²) >= 11 is 0. The first kappa shape index (κ1) is 15.8. The van der Waals surface area contributed by atoms with Crippen LogP contribution in [-0.2, 0) is 14.3 Å². The minimum absolute atomic E-state index is 0.166. The number of amides is 1. The van der Waals surface area contributed by atoms with Crippen LogP contribution in [0.25, 0.3) is 11.1 Å². The number of ether oxygens (including phenoxy) is 1. The van der Waals surface area contributed by atoms with Gasteiger partial charge in [0.25, 0.3) is 5.91 Å². The lowest BCUT2D eigenvalue weighted by Crippen LogP contribution is -2.39. The number of fused-ring (bicyclic) bond motifs is 3. The number of hydrogen-bond acceptors (Lipinski definition) is 3. The zero-order valence-corrected chi connectivity index (χ0v) is 13.9. The number of nitrogens with zero attached hydrogens (tertiary/aromatic N) is 1. The van der Waals surface area contributed by atoms with Gasteiger partial charge in [0.2, 0.25) is 0 Å². The maximum absolute atomic E-state index is 12.9. The molecule has 1 heterocycles. The topological polar surface area (TPSA) is 66.8 Å². The van der Waals surface area contributed by atoms with Crippen molar-refractivity contribution >= 4 is 11.9 Å². The van der Waals surface area contributed by atoms with Gasteiger partial charge in [-0.1, -0.05) is 48.5 Å². The molecule has 2 aliphatic rings. The summed E-state index contributed by atoms with van der Waals surface area (Å²) in [5, 5.41) is 9.07. The summed E-state index contributed by atoms with van der Waals surface area (Å²) in [6, 6.07) is 16.0. The van der Waals surface area contributed by atoms with Gasteiger partial charge in [-0.3, -0.25) is 4.79 Å². The molecule has 25 heavy (non-hydrogen) atoms. The van der Waals surface area contributed by atoms with Gasteiger partial charge in [-0.05, 0) is 35.1 Å². The third-order valence-corrected chi connectivity index (χ3v) is 5.11. The molecule has 2 aromatic carbocycles. The molecule has 1 saturated heterocycles. The Hall–Kier alpha value is -2.66. The molecular formula is C20H19NO4. The Bertz CT molecular complexity index is 802. The molecule has 5 nitrogen and oxygen atoms in total. The lowest BCUT2D eigenvalue weighted by Gasteiger charge is -2.28. The van der Waals surface area contributed by atoms with Gasteiger partial charge < -0.3 is 14.7 Å². The molecule has 1 aliphatic carbocycles. The lowest BCUT2D eigenvalue weighted by atomic mass is 10.0. The van der Waals surface area contributed by atoms with Gasteiger partial charge in [0.05, 0.1) is 6.04 Å². The maximum Gasteiger partial charge on any atom is 0.332 e. The molecular weight excluding hydrogens is 318 g/mol. The lowest BCUT2D eigenvalue weighted by molar-refractivity contribution is -0.154. The van der Waals surface area contributed by atoms with Gasteiger partial charge in [-0.2, -0.15) is 0 Å². The number of aliphatic carboxylic acids is 1. The zero-order valence-electron chi connectivity index (χ0n) is 13.9. The van der Waals surface area contributed by atoms with E-state index < -0.39 is 18.2 Å². The first-order chi connectivity index (χ1) is 12.1. The van der Waals surface area contributed by atoms with Crippen LogP contribution in [0.15, 0.2) is 48.5 Å². The van der Waals surface area contributed by atoms with Crippen LogP contribution >= 0.6 is 0 Å². The molecule has 0 spiro atoms. The van der Waals surface area contributed by atoms with Gasteiger partial charge in [0.15, 0.2) is 6.10 Å². The third kappa shape index (κ3) is 2.51. The van der Waals surface area contributed by atoms with Crippen molar-refractivity contribution in [3.63, 3.8) is 0 Å². The predicted molar refractivity (Wildman–Crippen MR) is 92.0 cm³/mol. The zero-order chi connectivity index (χ0) is 17.6. The van der Waals surface area contributed by atoms with E-state index in [4.69, 9.17) is 9.84 Å². The highest BCUT2D eigenvalue weighted by molar-refractivity contribution is 5.86. The Morgan fingerprint density at radius 3 is 2.00 bits per heavy atom. The van der Waals surface area contributed by atoms with Crippen molar-refractivity contribution in [3.05, 3.63) is 59.7 Å². The Balaban J connectivity index is 1.65. The molecule has 2 atom stereocenters. The highest BCUT2D eigenvalue weighted by Gasteiger charge is 2.40. The molecule has 0 aromatic heterocycles. The Kier molecular flexibility index (Phi) is 3.81. The number of carbonyl (C=O) groups excluding carboxylic acids is 1. The van der Waals surface area contributed by atoms with E-state index in [1.165, 1.54) is 0 Å². The second-order valence-electron chi connectivity index (χ2n) is 6.56. The van der Waals surface area contributed by atoms with E-state index in [9.17, 15) is 9.59 Å². The quantitative estimate of drug-likeness (QED) is 0.935. The van der Waals surface area contributed by atoms with Crippen LogP contribution in [0.3, 0.4) is 0 Å². The van der Waals surface area contributed by atoms with Gasteiger partial charge in [-0.15, -0.1) is 0 Å². The first-order valence-electron chi connectivity index (χ1n) is 8.41. The van der Waals surface area contributed by atoms with Crippen LogP contribution in [-0.4, -0.2) is 41.1 Å². The van der Waals surface area contributed by atoms with E-state index in [0.717, 1.165) is 22.3 Å². The number of carbonyl (C=O) groups is 2. The number of rotatable bonds is 3. The van der Waals surface area contributed by atoms with Crippen LogP contribution in [0.1, 0.15) is 30.0 Å². The Labute approximate surface area is 145 Å². The number of carboxylic acid groups (broad SMARTS) is 1. The number of carboxylic acids is 1. The van der Waals surface area contributed by atoms with Crippen LogP contribution in [0, 0.1) is 0 Å². The minimum atomic E-state index is -1.01. The van der Waals surface area contributed by atoms with Crippen LogP contribution < -0.4 is 0 Å². The van der Waals surface area contributed by atoms with E-state index in [-0.39, 0.29) is 11.9 Å². The van der Waals surface area contributed by atoms with Crippen molar-refractivity contribution in [1.82, 2.24) is 4.90 Å². The SMILES string of the molecule is CN(C(=O)[C@@H]1CC[C@H](C(=O)O)O1)C1c2ccccc2-c2ccccc21. The molecule has 0 unspecified atom stereocenters. The second-order valence-corrected chi connectivity index (χ2v) is 6.56. The molecule has 4 rings (SSSR count). The predicted octanol–water partition coefficient (Wildman–Crippen LogP) is 2.85. The van der Waals surface area contributed by atoms with E-state index in [1.54, 1.807) is 11.9 Å². The molecule has 1 N–H and O–H groups in total. The van der Waals surface area contributed by atoms with Crippen molar-refractivity contribution in [2.45, 2.75) is 31.1 Å². The maximum atomic E-state index is 12.9. The van der Waals surface area contributed by atoms with Crippen LogP contribution in [0.4, 0.5) is 0 Å². The summed E-state index contributed by atoms with van der Waals surface area (Å²) in [5.41, 5.74) is 4.46. The fourth-order valence-corrected chi connectivity index (χ4v) is 3.90. The number of benzene rings is 2. The van der Waals surface area contributed by atoms with Gasteiger partial charge in [-0.25, -0.2) is 4.79 Å². The summed E-state index contributed by atoms with van der Waals surface area (Å²) in [6.07, 6.45) is -0.760. The largest absolute Gasteiger partial charge is 0.479 e. The Morgan fingerprint density at radius 1 is 0.960 bits per heavy atom. The fourth-order valence-electron chi connectivity index (χ4n) is 3.90. The van der Waals surface area contributed by atoms with E-state index in [2.05, 4.69) is 12.1 Å². The average Bonchev–Trinajstić information content (AvgIpc) is 3.24.